The number of rotatable bonds is 6. The van der Waals surface area contributed by atoms with E-state index in [1.165, 1.54) is 0 Å². The molecular weight excluding hydrogens is 417 g/mol. The predicted octanol–water partition coefficient (Wildman–Crippen LogP) is 4.56. The number of hydrogen-bond donors (Lipinski definition) is 3. The van der Waals surface area contributed by atoms with Gasteiger partial charge in [-0.3, -0.25) is 4.98 Å². The normalized spacial score (nSPS) is 12.1. The van der Waals surface area contributed by atoms with Gasteiger partial charge in [0.2, 0.25) is 0 Å². The molecule has 0 bridgehead atoms. The van der Waals surface area contributed by atoms with E-state index in [0.717, 1.165) is 29.8 Å². The number of carbonyl (C=O) groups excluding carboxylic acids is 1. The van der Waals surface area contributed by atoms with Crippen LogP contribution in [-0.4, -0.2) is 15.6 Å². The molecule has 3 aromatic rings. The first kappa shape index (κ1) is 21.5. The van der Waals surface area contributed by atoms with Crippen LogP contribution in [-0.2, 0) is 24.1 Å². The number of benzene rings is 2. The largest absolute Gasteiger partial charge is 0.588 e. The van der Waals surface area contributed by atoms with Crippen molar-refractivity contribution in [3.63, 3.8) is 0 Å². The molecule has 6 nitrogen and oxygen atoms in total. The lowest BCUT2D eigenvalue weighted by molar-refractivity contribution is -0.137. The van der Waals surface area contributed by atoms with Gasteiger partial charge in [-0.15, -0.1) is 0 Å². The van der Waals surface area contributed by atoms with E-state index in [2.05, 4.69) is 20.3 Å². The van der Waals surface area contributed by atoms with Crippen LogP contribution in [0.2, 0.25) is 0 Å². The molecule has 0 fully saturated rings. The molecule has 0 saturated carbocycles. The molecule has 0 saturated heterocycles. The first-order valence-corrected chi connectivity index (χ1v) is 9.86. The summed E-state index contributed by atoms with van der Waals surface area (Å²) in [6.45, 7) is 0.325. The number of hydrogen-bond acceptors (Lipinski definition) is 4. The molecule has 156 valence electrons. The van der Waals surface area contributed by atoms with Gasteiger partial charge >= 0.3 is 12.2 Å². The van der Waals surface area contributed by atoms with Crippen molar-refractivity contribution in [1.29, 1.82) is 0 Å². The van der Waals surface area contributed by atoms with Crippen LogP contribution in [0.4, 0.5) is 29.3 Å². The highest BCUT2D eigenvalue weighted by molar-refractivity contribution is 7.92. The summed E-state index contributed by atoms with van der Waals surface area (Å²) in [6.07, 6.45) is -1.15. The zero-order chi connectivity index (χ0) is 21.6. The molecule has 0 radical (unpaired) electrons. The van der Waals surface area contributed by atoms with E-state index in [0.29, 0.717) is 17.9 Å². The Morgan fingerprint density at radius 2 is 1.67 bits per heavy atom. The van der Waals surface area contributed by atoms with Crippen molar-refractivity contribution in [2.24, 2.45) is 0 Å². The van der Waals surface area contributed by atoms with E-state index in [1.807, 2.05) is 6.07 Å². The number of halogens is 3. The quantitative estimate of drug-likeness (QED) is 0.497. The van der Waals surface area contributed by atoms with Crippen LogP contribution in [0.1, 0.15) is 11.1 Å². The lowest BCUT2D eigenvalue weighted by Gasteiger charge is -2.13. The molecule has 1 unspecified atom stereocenters. The number of aromatic nitrogens is 1. The van der Waals surface area contributed by atoms with Crippen molar-refractivity contribution >= 4 is 28.8 Å². The summed E-state index contributed by atoms with van der Waals surface area (Å²) in [6, 6.07) is 13.7. The monoisotopic (exact) mass is 434 g/mol. The SMILES string of the molecule is O=C(NCc1cccnc1)Nc1ccc(N[S+]([O-])c2ccc(C(F)(F)F)cc2)cc1. The molecule has 3 rings (SSSR count). The van der Waals surface area contributed by atoms with Gasteiger partial charge in [0.1, 0.15) is 11.4 Å². The minimum Gasteiger partial charge on any atom is -0.588 e. The fourth-order valence-electron chi connectivity index (χ4n) is 2.42. The third-order valence-corrected chi connectivity index (χ3v) is 5.05. The Hall–Kier alpha value is -3.24. The Balaban J connectivity index is 1.52. The molecule has 1 atom stereocenters. The third-order valence-electron chi connectivity index (χ3n) is 3.92. The Morgan fingerprint density at radius 1 is 1.00 bits per heavy atom. The molecule has 2 amide bonds. The number of carbonyl (C=O) groups is 1. The molecule has 1 heterocycles. The van der Waals surface area contributed by atoms with Crippen molar-refractivity contribution in [2.45, 2.75) is 17.6 Å². The van der Waals surface area contributed by atoms with Crippen molar-refractivity contribution in [2.75, 3.05) is 10.0 Å². The maximum Gasteiger partial charge on any atom is 0.416 e. The highest BCUT2D eigenvalue weighted by Crippen LogP contribution is 2.30. The van der Waals surface area contributed by atoms with Crippen LogP contribution >= 0.6 is 0 Å². The predicted molar refractivity (Wildman–Crippen MR) is 108 cm³/mol. The topological polar surface area (TPSA) is 89.1 Å². The second kappa shape index (κ2) is 9.51. The molecule has 2 aromatic carbocycles. The summed E-state index contributed by atoms with van der Waals surface area (Å²) in [5, 5.41) is 5.36. The van der Waals surface area contributed by atoms with Gasteiger partial charge in [0.25, 0.3) is 0 Å². The van der Waals surface area contributed by atoms with Gasteiger partial charge in [0.05, 0.1) is 11.3 Å². The smallest absolute Gasteiger partial charge is 0.416 e. The van der Waals surface area contributed by atoms with Crippen LogP contribution in [0.3, 0.4) is 0 Å². The Bertz CT molecular complexity index is 968. The number of alkyl halides is 3. The summed E-state index contributed by atoms with van der Waals surface area (Å²) < 4.78 is 52.8. The third kappa shape index (κ3) is 6.13. The van der Waals surface area contributed by atoms with Gasteiger partial charge in [0, 0.05) is 24.6 Å². The Labute approximate surface area is 173 Å². The van der Waals surface area contributed by atoms with E-state index < -0.39 is 29.1 Å². The van der Waals surface area contributed by atoms with Gasteiger partial charge in [-0.2, -0.15) is 13.2 Å². The van der Waals surface area contributed by atoms with E-state index >= 15 is 0 Å². The molecule has 0 aliphatic rings. The number of nitrogens with zero attached hydrogens (tertiary/aromatic N) is 1. The fraction of sp³-hybridized carbons (Fsp3) is 0.100. The number of nitrogens with one attached hydrogen (secondary N) is 3. The second-order valence-electron chi connectivity index (χ2n) is 6.14. The van der Waals surface area contributed by atoms with Gasteiger partial charge < -0.3 is 15.2 Å². The molecule has 0 spiro atoms. The highest BCUT2D eigenvalue weighted by Gasteiger charge is 2.30. The average Bonchev–Trinajstić information content (AvgIpc) is 2.74. The zero-order valence-corrected chi connectivity index (χ0v) is 16.3. The molecule has 0 aliphatic carbocycles. The van der Waals surface area contributed by atoms with E-state index in [1.54, 1.807) is 42.7 Å². The number of urea groups is 1. The molecule has 3 N–H and O–H groups in total. The van der Waals surface area contributed by atoms with E-state index in [4.69, 9.17) is 0 Å². The first-order chi connectivity index (χ1) is 14.3. The van der Waals surface area contributed by atoms with Crippen molar-refractivity contribution < 1.29 is 22.5 Å². The van der Waals surface area contributed by atoms with Gasteiger partial charge in [-0.05, 0) is 60.2 Å². The fourth-order valence-corrected chi connectivity index (χ4v) is 3.27. The molecule has 1 aromatic heterocycles. The maximum absolute atomic E-state index is 12.6. The lowest BCUT2D eigenvalue weighted by atomic mass is 10.2. The van der Waals surface area contributed by atoms with Crippen LogP contribution in [0, 0.1) is 0 Å². The van der Waals surface area contributed by atoms with Crippen LogP contribution in [0.15, 0.2) is 78.0 Å². The summed E-state index contributed by atoms with van der Waals surface area (Å²) in [5.41, 5.74) is 1.05. The summed E-state index contributed by atoms with van der Waals surface area (Å²) in [7, 11) is 0. The van der Waals surface area contributed by atoms with Crippen LogP contribution in [0.25, 0.3) is 0 Å². The summed E-state index contributed by atoms with van der Waals surface area (Å²) >= 11 is -1.73. The highest BCUT2D eigenvalue weighted by atomic mass is 32.2. The summed E-state index contributed by atoms with van der Waals surface area (Å²) in [5.74, 6) is 0. The Kier molecular flexibility index (Phi) is 6.80. The summed E-state index contributed by atoms with van der Waals surface area (Å²) in [4.78, 5) is 16.1. The number of amides is 2. The lowest BCUT2D eigenvalue weighted by Crippen LogP contribution is -2.28. The van der Waals surface area contributed by atoms with E-state index in [9.17, 15) is 22.5 Å². The first-order valence-electron chi connectivity index (χ1n) is 8.71. The number of pyridine rings is 1. The van der Waals surface area contributed by atoms with Gasteiger partial charge in [-0.25, -0.2) is 9.52 Å². The minimum absolute atomic E-state index is 0.208. The van der Waals surface area contributed by atoms with E-state index in [-0.39, 0.29) is 4.90 Å². The van der Waals surface area contributed by atoms with Crippen molar-refractivity contribution in [3.05, 3.63) is 84.2 Å². The molecule has 30 heavy (non-hydrogen) atoms. The average molecular weight is 434 g/mol. The van der Waals surface area contributed by atoms with Crippen molar-refractivity contribution in [3.8, 4) is 0 Å². The molecular formula is C20H17F3N4O2S. The van der Waals surface area contributed by atoms with Gasteiger partial charge in [-0.1, -0.05) is 6.07 Å². The van der Waals surface area contributed by atoms with Crippen LogP contribution in [0.5, 0.6) is 0 Å². The minimum atomic E-state index is -4.44. The van der Waals surface area contributed by atoms with Crippen molar-refractivity contribution in [1.82, 2.24) is 10.3 Å². The zero-order valence-electron chi connectivity index (χ0n) is 15.4. The second-order valence-corrected chi connectivity index (χ2v) is 7.35. The molecule has 10 heteroatoms. The van der Waals surface area contributed by atoms with Crippen LogP contribution < -0.4 is 15.4 Å². The van der Waals surface area contributed by atoms with Gasteiger partial charge in [0.15, 0.2) is 4.90 Å². The maximum atomic E-state index is 12.6. The number of anilines is 2. The molecule has 0 aliphatic heterocycles. The Morgan fingerprint density at radius 3 is 2.27 bits per heavy atom. The standard InChI is InChI=1S/C20H17F3N4O2S/c21-20(22,23)15-3-9-18(10-4-15)30(29)27-17-7-5-16(6-8-17)26-19(28)25-13-14-2-1-11-24-12-14/h1-12,27H,13H2,(H2,25,26,28).